The van der Waals surface area contributed by atoms with Gasteiger partial charge in [-0.15, -0.1) is 0 Å². The molecule has 0 heterocycles. The molecule has 0 aliphatic rings. The van der Waals surface area contributed by atoms with E-state index in [1.165, 1.54) is 18.2 Å². The summed E-state index contributed by atoms with van der Waals surface area (Å²) in [4.78, 5) is 11.5. The van der Waals surface area contributed by atoms with Crippen molar-refractivity contribution in [3.05, 3.63) is 34.6 Å². The van der Waals surface area contributed by atoms with Gasteiger partial charge in [0.2, 0.25) is 0 Å². The Morgan fingerprint density at radius 1 is 1.44 bits per heavy atom. The lowest BCUT2D eigenvalue weighted by Gasteiger charge is -2.06. The van der Waals surface area contributed by atoms with Crippen molar-refractivity contribution in [2.45, 2.75) is 6.92 Å². The molecule has 0 radical (unpaired) electrons. The standard InChI is InChI=1S/C11H14ClFN2O/c1-2-14-5-6-15-11(16)9-7-8(12)3-4-10(9)13/h3-4,7,14H,2,5-6H2,1H3,(H,15,16). The molecule has 1 amide bonds. The van der Waals surface area contributed by atoms with Gasteiger partial charge in [0, 0.05) is 18.1 Å². The number of benzene rings is 1. The summed E-state index contributed by atoms with van der Waals surface area (Å²) < 4.78 is 13.3. The second kappa shape index (κ2) is 6.45. The minimum absolute atomic E-state index is 0.0241. The summed E-state index contributed by atoms with van der Waals surface area (Å²) in [5, 5.41) is 5.99. The summed E-state index contributed by atoms with van der Waals surface area (Å²) in [5.41, 5.74) is -0.0241. The van der Waals surface area contributed by atoms with Crippen LogP contribution in [0.25, 0.3) is 0 Å². The minimum Gasteiger partial charge on any atom is -0.351 e. The molecule has 88 valence electrons. The van der Waals surface area contributed by atoms with Crippen molar-refractivity contribution in [1.29, 1.82) is 0 Å². The second-order valence-corrected chi connectivity index (χ2v) is 3.67. The lowest BCUT2D eigenvalue weighted by molar-refractivity contribution is 0.0950. The van der Waals surface area contributed by atoms with Crippen molar-refractivity contribution in [2.75, 3.05) is 19.6 Å². The van der Waals surface area contributed by atoms with Gasteiger partial charge in [0.25, 0.3) is 5.91 Å². The molecule has 1 aromatic carbocycles. The van der Waals surface area contributed by atoms with E-state index >= 15 is 0 Å². The van der Waals surface area contributed by atoms with Gasteiger partial charge in [-0.05, 0) is 24.7 Å². The number of rotatable bonds is 5. The van der Waals surface area contributed by atoms with E-state index in [0.29, 0.717) is 18.1 Å². The normalized spacial score (nSPS) is 10.2. The van der Waals surface area contributed by atoms with Crippen molar-refractivity contribution in [1.82, 2.24) is 10.6 Å². The second-order valence-electron chi connectivity index (χ2n) is 3.23. The third-order valence-electron chi connectivity index (χ3n) is 2.01. The highest BCUT2D eigenvalue weighted by Crippen LogP contribution is 2.14. The molecule has 0 bridgehead atoms. The first kappa shape index (κ1) is 12.9. The van der Waals surface area contributed by atoms with E-state index in [1.54, 1.807) is 0 Å². The lowest BCUT2D eigenvalue weighted by atomic mass is 10.2. The monoisotopic (exact) mass is 244 g/mol. The van der Waals surface area contributed by atoms with Crippen LogP contribution in [0.3, 0.4) is 0 Å². The summed E-state index contributed by atoms with van der Waals surface area (Å²) in [6, 6.07) is 3.91. The van der Waals surface area contributed by atoms with Crippen LogP contribution in [0.2, 0.25) is 5.02 Å². The van der Waals surface area contributed by atoms with Crippen LogP contribution in [0.1, 0.15) is 17.3 Å². The van der Waals surface area contributed by atoms with E-state index < -0.39 is 11.7 Å². The highest BCUT2D eigenvalue weighted by atomic mass is 35.5. The van der Waals surface area contributed by atoms with Gasteiger partial charge in [-0.3, -0.25) is 4.79 Å². The molecular weight excluding hydrogens is 231 g/mol. The van der Waals surface area contributed by atoms with Gasteiger partial charge in [-0.2, -0.15) is 0 Å². The third-order valence-corrected chi connectivity index (χ3v) is 2.25. The smallest absolute Gasteiger partial charge is 0.254 e. The highest BCUT2D eigenvalue weighted by molar-refractivity contribution is 6.30. The van der Waals surface area contributed by atoms with E-state index in [2.05, 4.69) is 10.6 Å². The average molecular weight is 245 g/mol. The Hall–Kier alpha value is -1.13. The SMILES string of the molecule is CCNCCNC(=O)c1cc(Cl)ccc1F. The minimum atomic E-state index is -0.564. The van der Waals surface area contributed by atoms with Crippen molar-refractivity contribution in [3.63, 3.8) is 0 Å². The van der Waals surface area contributed by atoms with Gasteiger partial charge in [-0.25, -0.2) is 4.39 Å². The van der Waals surface area contributed by atoms with Crippen molar-refractivity contribution in [3.8, 4) is 0 Å². The van der Waals surface area contributed by atoms with Crippen LogP contribution >= 0.6 is 11.6 Å². The van der Waals surface area contributed by atoms with Crippen LogP contribution in [0, 0.1) is 5.82 Å². The lowest BCUT2D eigenvalue weighted by Crippen LogP contribution is -2.32. The summed E-state index contributed by atoms with van der Waals surface area (Å²) in [6.45, 7) is 3.92. The third kappa shape index (κ3) is 3.79. The van der Waals surface area contributed by atoms with Gasteiger partial charge in [-0.1, -0.05) is 18.5 Å². The number of hydrogen-bond donors (Lipinski definition) is 2. The quantitative estimate of drug-likeness (QED) is 0.776. The number of halogens is 2. The number of amides is 1. The van der Waals surface area contributed by atoms with E-state index in [4.69, 9.17) is 11.6 Å². The van der Waals surface area contributed by atoms with Crippen molar-refractivity contribution < 1.29 is 9.18 Å². The molecule has 5 heteroatoms. The van der Waals surface area contributed by atoms with Gasteiger partial charge >= 0.3 is 0 Å². The van der Waals surface area contributed by atoms with Crippen LogP contribution in [-0.2, 0) is 0 Å². The number of nitrogens with one attached hydrogen (secondary N) is 2. The van der Waals surface area contributed by atoms with Crippen LogP contribution in [0.5, 0.6) is 0 Å². The highest BCUT2D eigenvalue weighted by Gasteiger charge is 2.11. The number of likely N-dealkylation sites (N-methyl/N-ethyl adjacent to an activating group) is 1. The Bertz CT molecular complexity index is 371. The first-order valence-corrected chi connectivity index (χ1v) is 5.47. The predicted molar refractivity (Wildman–Crippen MR) is 62.3 cm³/mol. The molecule has 0 aliphatic carbocycles. The summed E-state index contributed by atoms with van der Waals surface area (Å²) in [7, 11) is 0. The molecule has 0 unspecified atom stereocenters. The van der Waals surface area contributed by atoms with E-state index in [-0.39, 0.29) is 5.56 Å². The van der Waals surface area contributed by atoms with E-state index in [1.807, 2.05) is 6.92 Å². The zero-order valence-corrected chi connectivity index (χ0v) is 9.77. The Balaban J connectivity index is 2.55. The number of carbonyl (C=O) groups is 1. The van der Waals surface area contributed by atoms with Gasteiger partial charge < -0.3 is 10.6 Å². The molecule has 16 heavy (non-hydrogen) atoms. The topological polar surface area (TPSA) is 41.1 Å². The van der Waals surface area contributed by atoms with E-state index in [9.17, 15) is 9.18 Å². The zero-order chi connectivity index (χ0) is 12.0. The Morgan fingerprint density at radius 3 is 2.88 bits per heavy atom. The Labute approximate surface area is 99.0 Å². The zero-order valence-electron chi connectivity index (χ0n) is 9.02. The Kier molecular flexibility index (Phi) is 5.22. The van der Waals surface area contributed by atoms with Crippen LogP contribution in [0.15, 0.2) is 18.2 Å². The molecule has 3 nitrogen and oxygen atoms in total. The molecule has 0 spiro atoms. The maximum atomic E-state index is 13.3. The van der Waals surface area contributed by atoms with Gasteiger partial charge in [0.1, 0.15) is 5.82 Å². The van der Waals surface area contributed by atoms with Crippen molar-refractivity contribution in [2.24, 2.45) is 0 Å². The molecule has 0 aliphatic heterocycles. The molecule has 2 N–H and O–H groups in total. The molecule has 0 saturated carbocycles. The summed E-state index contributed by atoms with van der Waals surface area (Å²) >= 11 is 5.69. The fraction of sp³-hybridized carbons (Fsp3) is 0.364. The number of hydrogen-bond acceptors (Lipinski definition) is 2. The summed E-state index contributed by atoms with van der Waals surface area (Å²) in [5.74, 6) is -1.01. The molecule has 0 fully saturated rings. The molecule has 0 aromatic heterocycles. The van der Waals surface area contributed by atoms with Crippen LogP contribution < -0.4 is 10.6 Å². The number of carbonyl (C=O) groups excluding carboxylic acids is 1. The maximum absolute atomic E-state index is 13.3. The van der Waals surface area contributed by atoms with Crippen molar-refractivity contribution >= 4 is 17.5 Å². The maximum Gasteiger partial charge on any atom is 0.254 e. The molecule has 1 aromatic rings. The van der Waals surface area contributed by atoms with Gasteiger partial charge in [0.05, 0.1) is 5.56 Å². The Morgan fingerprint density at radius 2 is 2.19 bits per heavy atom. The molecule has 0 atom stereocenters. The fourth-order valence-corrected chi connectivity index (χ4v) is 1.38. The fourth-order valence-electron chi connectivity index (χ4n) is 1.21. The molecule has 0 saturated heterocycles. The van der Waals surface area contributed by atoms with Crippen LogP contribution in [-0.4, -0.2) is 25.5 Å². The van der Waals surface area contributed by atoms with E-state index in [0.717, 1.165) is 6.54 Å². The predicted octanol–water partition coefficient (Wildman–Crippen LogP) is 1.82. The molecular formula is C11H14ClFN2O. The summed E-state index contributed by atoms with van der Waals surface area (Å²) in [6.07, 6.45) is 0. The first-order chi connectivity index (χ1) is 7.65. The largest absolute Gasteiger partial charge is 0.351 e. The average Bonchev–Trinajstić information content (AvgIpc) is 2.27. The van der Waals surface area contributed by atoms with Crippen LogP contribution in [0.4, 0.5) is 4.39 Å². The molecule has 1 rings (SSSR count). The first-order valence-electron chi connectivity index (χ1n) is 5.09. The van der Waals surface area contributed by atoms with Gasteiger partial charge in [0.15, 0.2) is 0 Å².